The first-order valence-corrected chi connectivity index (χ1v) is 10.6. The van der Waals surface area contributed by atoms with Gasteiger partial charge in [0.2, 0.25) is 0 Å². The lowest BCUT2D eigenvalue weighted by molar-refractivity contribution is 0.0658. The summed E-state index contributed by atoms with van der Waals surface area (Å²) in [5.41, 5.74) is 2.45. The maximum absolute atomic E-state index is 13.4. The highest BCUT2D eigenvalue weighted by atomic mass is 16.2. The second kappa shape index (κ2) is 8.99. The van der Waals surface area contributed by atoms with Crippen molar-refractivity contribution in [2.24, 2.45) is 0 Å². The predicted molar refractivity (Wildman–Crippen MR) is 119 cm³/mol. The van der Waals surface area contributed by atoms with Gasteiger partial charge < -0.3 is 14.8 Å². The predicted octanol–water partition coefficient (Wildman–Crippen LogP) is 2.24. The first-order chi connectivity index (χ1) is 16.2. The largest absolute Gasteiger partial charge is 0.345 e. The molecule has 1 aromatic carbocycles. The number of aromatic nitrogens is 5. The molecule has 3 aromatic heterocycles. The minimum absolute atomic E-state index is 0.124. The van der Waals surface area contributed by atoms with E-state index in [0.29, 0.717) is 35.9 Å². The van der Waals surface area contributed by atoms with Gasteiger partial charge in [-0.2, -0.15) is 0 Å². The minimum Gasteiger partial charge on any atom is -0.345 e. The zero-order valence-electron chi connectivity index (χ0n) is 17.7. The number of carbonyl (C=O) groups is 2. The van der Waals surface area contributed by atoms with Crippen molar-refractivity contribution >= 4 is 11.8 Å². The Morgan fingerprint density at radius 1 is 1.00 bits per heavy atom. The van der Waals surface area contributed by atoms with Crippen LogP contribution in [0, 0.1) is 0 Å². The van der Waals surface area contributed by atoms with Crippen LogP contribution in [0.3, 0.4) is 0 Å². The molecule has 1 unspecified atom stereocenters. The summed E-state index contributed by atoms with van der Waals surface area (Å²) in [6.45, 7) is 1.30. The van der Waals surface area contributed by atoms with Gasteiger partial charge in [0, 0.05) is 37.9 Å². The number of amides is 2. The highest BCUT2D eigenvalue weighted by Gasteiger charge is 2.35. The molecular weight excluding hydrogens is 418 g/mol. The molecule has 4 aromatic rings. The van der Waals surface area contributed by atoms with Gasteiger partial charge in [-0.1, -0.05) is 30.3 Å². The van der Waals surface area contributed by atoms with E-state index in [1.807, 2.05) is 34.9 Å². The number of hydrogen-bond acceptors (Lipinski definition) is 6. The number of benzene rings is 1. The Hall–Kier alpha value is -4.40. The quantitative estimate of drug-likeness (QED) is 0.511. The molecule has 1 atom stereocenters. The van der Waals surface area contributed by atoms with Crippen molar-refractivity contribution < 1.29 is 9.59 Å². The lowest BCUT2D eigenvalue weighted by atomic mass is 10.0. The smallest absolute Gasteiger partial charge is 0.271 e. The van der Waals surface area contributed by atoms with E-state index in [0.717, 1.165) is 5.56 Å². The van der Waals surface area contributed by atoms with Gasteiger partial charge in [0.15, 0.2) is 0 Å². The summed E-state index contributed by atoms with van der Waals surface area (Å²) in [5.74, 6) is 0.227. The molecule has 9 nitrogen and oxygen atoms in total. The van der Waals surface area contributed by atoms with Crippen LogP contribution in [0.1, 0.15) is 44.0 Å². The van der Waals surface area contributed by atoms with Crippen LogP contribution in [0.2, 0.25) is 0 Å². The molecule has 0 radical (unpaired) electrons. The van der Waals surface area contributed by atoms with E-state index < -0.39 is 6.04 Å². The Balaban J connectivity index is 1.45. The third-order valence-electron chi connectivity index (χ3n) is 5.54. The second-order valence-electron chi connectivity index (χ2n) is 7.61. The second-order valence-corrected chi connectivity index (χ2v) is 7.61. The summed E-state index contributed by atoms with van der Waals surface area (Å²) in [4.78, 5) is 44.7. The molecule has 0 saturated carbocycles. The van der Waals surface area contributed by atoms with E-state index in [2.05, 4.69) is 25.3 Å². The number of hydrogen-bond donors (Lipinski definition) is 1. The summed E-state index contributed by atoms with van der Waals surface area (Å²) in [5, 5.41) is 2.84. The van der Waals surface area contributed by atoms with Gasteiger partial charge in [0.05, 0.1) is 17.8 Å². The molecule has 0 aliphatic carbocycles. The minimum atomic E-state index is -0.420. The number of pyridine rings is 1. The lowest BCUT2D eigenvalue weighted by Gasteiger charge is -2.36. The van der Waals surface area contributed by atoms with Crippen LogP contribution in [0.5, 0.6) is 0 Å². The van der Waals surface area contributed by atoms with Crippen molar-refractivity contribution in [3.63, 3.8) is 0 Å². The molecule has 0 bridgehead atoms. The maximum Gasteiger partial charge on any atom is 0.271 e. The average molecular weight is 439 g/mol. The van der Waals surface area contributed by atoms with Gasteiger partial charge in [-0.25, -0.2) is 15.0 Å². The van der Waals surface area contributed by atoms with E-state index in [9.17, 15) is 9.59 Å². The number of rotatable bonds is 5. The molecule has 4 heterocycles. The van der Waals surface area contributed by atoms with Gasteiger partial charge in [-0.15, -0.1) is 0 Å². The maximum atomic E-state index is 13.4. The van der Waals surface area contributed by atoms with Crippen molar-refractivity contribution in [1.82, 2.24) is 34.7 Å². The summed E-state index contributed by atoms with van der Waals surface area (Å²) in [6, 6.07) is 14.5. The Bertz CT molecular complexity index is 1260. The molecule has 1 aliphatic heterocycles. The molecule has 5 rings (SSSR count). The molecule has 0 saturated heterocycles. The summed E-state index contributed by atoms with van der Waals surface area (Å²) < 4.78 is 1.95. The molecule has 0 spiro atoms. The van der Waals surface area contributed by atoms with Crippen LogP contribution in [0.25, 0.3) is 0 Å². The fraction of sp³-hybridized carbons (Fsp3) is 0.167. The van der Waals surface area contributed by atoms with Crippen molar-refractivity contribution in [3.05, 3.63) is 108 Å². The highest BCUT2D eigenvalue weighted by molar-refractivity contribution is 5.95. The van der Waals surface area contributed by atoms with Gasteiger partial charge in [0.25, 0.3) is 11.8 Å². The van der Waals surface area contributed by atoms with Gasteiger partial charge in [-0.05, 0) is 23.8 Å². The Labute approximate surface area is 190 Å². The van der Waals surface area contributed by atoms with Crippen LogP contribution < -0.4 is 5.32 Å². The van der Waals surface area contributed by atoms with Crippen molar-refractivity contribution in [1.29, 1.82) is 0 Å². The number of fused-ring (bicyclic) bond motifs is 1. The van der Waals surface area contributed by atoms with E-state index in [1.54, 1.807) is 47.9 Å². The molecule has 2 amide bonds. The summed E-state index contributed by atoms with van der Waals surface area (Å²) >= 11 is 0. The first kappa shape index (κ1) is 20.5. The van der Waals surface area contributed by atoms with Crippen molar-refractivity contribution in [2.45, 2.75) is 19.1 Å². The van der Waals surface area contributed by atoms with Gasteiger partial charge in [-0.3, -0.25) is 14.6 Å². The third-order valence-corrected chi connectivity index (χ3v) is 5.54. The average Bonchev–Trinajstić information content (AvgIpc) is 3.32. The normalized spacial score (nSPS) is 15.0. The highest BCUT2D eigenvalue weighted by Crippen LogP contribution is 2.32. The van der Waals surface area contributed by atoms with Crippen LogP contribution in [0.15, 0.2) is 79.6 Å². The number of imidazole rings is 1. The zero-order chi connectivity index (χ0) is 22.6. The number of carbonyl (C=O) groups excluding carboxylic acids is 2. The van der Waals surface area contributed by atoms with Gasteiger partial charge in [0.1, 0.15) is 23.9 Å². The van der Waals surface area contributed by atoms with Crippen molar-refractivity contribution in [2.75, 3.05) is 6.54 Å². The molecular formula is C24H21N7O2. The van der Waals surface area contributed by atoms with Crippen LogP contribution >= 0.6 is 0 Å². The molecule has 9 heteroatoms. The van der Waals surface area contributed by atoms with Gasteiger partial charge >= 0.3 is 0 Å². The van der Waals surface area contributed by atoms with Crippen LogP contribution in [-0.4, -0.2) is 47.8 Å². The SMILES string of the molecule is O=C(NCc1ccncn1)c1cn2c(n1)C(c1ccccc1)N(C(=O)c1cccnc1)CC2. The number of nitrogens with one attached hydrogen (secondary N) is 1. The number of nitrogens with zero attached hydrogens (tertiary/aromatic N) is 6. The topological polar surface area (TPSA) is 106 Å². The zero-order valence-corrected chi connectivity index (χ0v) is 17.7. The Kier molecular flexibility index (Phi) is 5.59. The lowest BCUT2D eigenvalue weighted by Crippen LogP contribution is -2.42. The molecule has 1 N–H and O–H groups in total. The molecule has 1 aliphatic rings. The first-order valence-electron chi connectivity index (χ1n) is 10.6. The van der Waals surface area contributed by atoms with Crippen molar-refractivity contribution in [3.8, 4) is 0 Å². The Morgan fingerprint density at radius 2 is 1.88 bits per heavy atom. The standard InChI is InChI=1S/C24H21N7O2/c32-23(27-14-19-8-10-26-16-28-19)20-15-30-11-12-31(24(33)18-7-4-9-25-13-18)21(22(30)29-20)17-5-2-1-3-6-17/h1-10,13,15-16,21H,11-12,14H2,(H,27,32). The Morgan fingerprint density at radius 3 is 2.64 bits per heavy atom. The van der Waals surface area contributed by atoms with E-state index >= 15 is 0 Å². The van der Waals surface area contributed by atoms with Crippen LogP contribution in [-0.2, 0) is 13.1 Å². The fourth-order valence-electron chi connectivity index (χ4n) is 3.94. The monoisotopic (exact) mass is 439 g/mol. The third kappa shape index (κ3) is 4.20. The fourth-order valence-corrected chi connectivity index (χ4v) is 3.94. The molecule has 164 valence electrons. The van der Waals surface area contributed by atoms with E-state index in [1.165, 1.54) is 6.33 Å². The van der Waals surface area contributed by atoms with Crippen LogP contribution in [0.4, 0.5) is 0 Å². The summed E-state index contributed by atoms with van der Waals surface area (Å²) in [6.07, 6.45) is 8.02. The van der Waals surface area contributed by atoms with E-state index in [4.69, 9.17) is 0 Å². The van der Waals surface area contributed by atoms with E-state index in [-0.39, 0.29) is 18.4 Å². The molecule has 0 fully saturated rings. The molecule has 33 heavy (non-hydrogen) atoms. The summed E-state index contributed by atoms with van der Waals surface area (Å²) in [7, 11) is 0.